The molecule has 8 nitrogen and oxygen atoms in total. The number of carbonyl (C=O) groups is 2. The number of ether oxygens (including phenoxy) is 1. The summed E-state index contributed by atoms with van der Waals surface area (Å²) in [6.45, 7) is 1.53. The van der Waals surface area contributed by atoms with Gasteiger partial charge in [-0.05, 0) is 36.2 Å². The van der Waals surface area contributed by atoms with Crippen LogP contribution < -0.4 is 21.5 Å². The van der Waals surface area contributed by atoms with Crippen LogP contribution in [0, 0.1) is 18.6 Å². The number of nitrogens with two attached hydrogens (primary N) is 2. The van der Waals surface area contributed by atoms with Gasteiger partial charge >= 0.3 is 0 Å². The second-order valence-corrected chi connectivity index (χ2v) is 10.5. The van der Waals surface area contributed by atoms with Crippen LogP contribution in [0.5, 0.6) is 11.5 Å². The Hall–Kier alpha value is -3.76. The maximum atomic E-state index is 15.3. The van der Waals surface area contributed by atoms with Crippen LogP contribution in [0.2, 0.25) is 15.3 Å². The Morgan fingerprint density at radius 2 is 1.58 bits per heavy atom. The number of pyridine rings is 1. The number of hydrogen-bond acceptors (Lipinski definition) is 6. The van der Waals surface area contributed by atoms with E-state index in [1.807, 2.05) is 0 Å². The van der Waals surface area contributed by atoms with Crippen molar-refractivity contribution in [1.82, 2.24) is 10.3 Å². The smallest absolute Gasteiger partial charge is 0.251 e. The molecule has 3 rings (SSSR count). The number of nitrogens with one attached hydrogen (secondary N) is 1. The molecular formula is C26H18B9F2N5O3. The second kappa shape index (κ2) is 12.9. The third-order valence-electron chi connectivity index (χ3n) is 6.66. The van der Waals surface area contributed by atoms with Crippen LogP contribution in [0.3, 0.4) is 0 Å². The number of aryl methyl sites for hydroxylation is 1. The molecule has 0 bridgehead atoms. The summed E-state index contributed by atoms with van der Waals surface area (Å²) in [4.78, 5) is 32.5. The number of fused-ring (bicyclic) bond motifs is 1. The minimum absolute atomic E-state index is 0.0763. The van der Waals surface area contributed by atoms with Gasteiger partial charge in [-0.3, -0.25) is 19.6 Å². The van der Waals surface area contributed by atoms with E-state index in [2.05, 4.69) is 15.3 Å². The summed E-state index contributed by atoms with van der Waals surface area (Å²) in [6, 6.07) is 6.13. The average Bonchev–Trinajstić information content (AvgIpc) is 2.87. The lowest BCUT2D eigenvalue weighted by molar-refractivity contribution is -0.119. The lowest BCUT2D eigenvalue weighted by atomic mass is 9.12. The lowest BCUT2D eigenvalue weighted by Crippen LogP contribution is -2.61. The van der Waals surface area contributed by atoms with E-state index in [0.29, 0.717) is 5.56 Å². The van der Waals surface area contributed by atoms with Gasteiger partial charge in [0.2, 0.25) is 5.91 Å². The molecule has 2 amide bonds. The monoisotopic (exact) mass is 585 g/mol. The molecule has 206 valence electrons. The zero-order valence-electron chi connectivity index (χ0n) is 24.1. The number of amides is 2. The van der Waals surface area contributed by atoms with Crippen molar-refractivity contribution >= 4 is 99.5 Å². The van der Waals surface area contributed by atoms with Crippen LogP contribution in [0.4, 0.5) is 8.78 Å². The number of benzene rings is 2. The first-order valence-electron chi connectivity index (χ1n) is 12.8. The van der Waals surface area contributed by atoms with Crippen LogP contribution in [-0.2, 0) is 11.2 Å². The van der Waals surface area contributed by atoms with Gasteiger partial charge < -0.3 is 21.5 Å². The molecule has 5 N–H and O–H groups in total. The lowest BCUT2D eigenvalue weighted by Gasteiger charge is -2.62. The molecule has 0 saturated heterocycles. The highest BCUT2D eigenvalue weighted by Crippen LogP contribution is 2.56. The second-order valence-electron chi connectivity index (χ2n) is 10.5. The van der Waals surface area contributed by atoms with Crippen LogP contribution in [0.15, 0.2) is 53.4 Å². The van der Waals surface area contributed by atoms with Gasteiger partial charge in [0.1, 0.15) is 11.6 Å². The zero-order chi connectivity index (χ0) is 34.1. The number of aromatic nitrogens is 1. The number of nitrogens with zero attached hydrogens (tertiary/aromatic N) is 2. The van der Waals surface area contributed by atoms with E-state index in [4.69, 9.17) is 86.8 Å². The van der Waals surface area contributed by atoms with E-state index in [9.17, 15) is 14.0 Å². The van der Waals surface area contributed by atoms with E-state index in [0.717, 1.165) is 30.6 Å². The van der Waals surface area contributed by atoms with Gasteiger partial charge in [-0.2, -0.15) is 0 Å². The molecular weight excluding hydrogens is 566 g/mol. The number of aliphatic imine (C=N–C) groups is 1. The first-order valence-corrected chi connectivity index (χ1v) is 12.8. The highest BCUT2D eigenvalue weighted by molar-refractivity contribution is 6.71. The summed E-state index contributed by atoms with van der Waals surface area (Å²) < 4.78 is 35.3. The molecule has 1 heterocycles. The fourth-order valence-electron chi connectivity index (χ4n) is 4.70. The highest BCUT2D eigenvalue weighted by Gasteiger charge is 2.53. The highest BCUT2D eigenvalue weighted by atomic mass is 19.1. The minimum Gasteiger partial charge on any atom is -0.453 e. The summed E-state index contributed by atoms with van der Waals surface area (Å²) >= 11 is 0. The Kier molecular flexibility index (Phi) is 10.3. The van der Waals surface area contributed by atoms with Crippen LogP contribution >= 0.6 is 0 Å². The molecule has 18 radical (unpaired) electrons. The van der Waals surface area contributed by atoms with Gasteiger partial charge in [-0.25, -0.2) is 8.78 Å². The number of primary amides is 1. The molecule has 19 heteroatoms. The Balaban J connectivity index is 1.86. The van der Waals surface area contributed by atoms with Gasteiger partial charge in [-0.15, -0.1) is 15.3 Å². The number of carbonyl (C=O) groups excluding carboxylic acids is 2. The topological polar surface area (TPSA) is 133 Å². The number of rotatable bonds is 11. The molecule has 0 atom stereocenters. The van der Waals surface area contributed by atoms with Crippen molar-refractivity contribution in [3.63, 3.8) is 0 Å². The van der Waals surface area contributed by atoms with E-state index >= 15 is 4.39 Å². The largest absolute Gasteiger partial charge is 0.453 e. The van der Waals surface area contributed by atoms with Crippen LogP contribution in [0.25, 0.3) is 10.9 Å². The average molecular weight is 584 g/mol. The standard InChI is InChI=1S/C26H18B9F2N5O3/c1-11-4-12(5-17(37)21(11)45-19-2-3-40-18-8-16(36)14(22(39)44)7-15(18)19)6-20(43)42-13(9-38)10-41-23(24(27,28)29,25(30,31)32)26(33,34)35/h2-5,7-10H,6,38H2,1H3,(H2,39,44)(H,42,43)/b13-9+,41-10?. The fraction of sp³-hybridized carbons (Fsp3) is 0.231. The predicted molar refractivity (Wildman–Crippen MR) is 177 cm³/mol. The zero-order valence-corrected chi connectivity index (χ0v) is 24.1. The molecule has 0 fully saturated rings. The quantitative estimate of drug-likeness (QED) is 0.211. The Labute approximate surface area is 271 Å². The van der Waals surface area contributed by atoms with Gasteiger partial charge in [0.15, 0.2) is 11.6 Å². The molecule has 45 heavy (non-hydrogen) atoms. The molecule has 0 spiro atoms. The molecule has 3 aromatic rings. The summed E-state index contributed by atoms with van der Waals surface area (Å²) in [7, 11) is 52.2. The fourth-order valence-corrected chi connectivity index (χ4v) is 4.70. The third kappa shape index (κ3) is 7.39. The summed E-state index contributed by atoms with van der Waals surface area (Å²) in [6.07, 6.45) is 2.77. The van der Waals surface area contributed by atoms with Crippen molar-refractivity contribution in [2.75, 3.05) is 0 Å². The Bertz CT molecular complexity index is 1650. The SMILES string of the molecule is [B]C([B])([B])C(N=C/C(=C\N)NC(=O)Cc1cc(C)c(Oc2ccnc3cc(F)c(C(N)=O)cc23)c(F)c1)(C([B])([B])[B])C([B])([B])[B]. The maximum Gasteiger partial charge on any atom is 0.251 e. The predicted octanol–water partition coefficient (Wildman–Crippen LogP) is -0.281. The van der Waals surface area contributed by atoms with E-state index < -0.39 is 49.9 Å². The Morgan fingerprint density at radius 1 is 0.978 bits per heavy atom. The van der Waals surface area contributed by atoms with Crippen molar-refractivity contribution < 1.29 is 23.1 Å². The van der Waals surface area contributed by atoms with Crippen molar-refractivity contribution in [2.24, 2.45) is 16.5 Å². The number of hydrogen-bond donors (Lipinski definition) is 3. The van der Waals surface area contributed by atoms with E-state index in [1.54, 1.807) is 0 Å². The van der Waals surface area contributed by atoms with Crippen molar-refractivity contribution in [3.8, 4) is 11.5 Å². The van der Waals surface area contributed by atoms with Crippen molar-refractivity contribution in [3.05, 3.63) is 76.8 Å². The van der Waals surface area contributed by atoms with Gasteiger partial charge in [0.05, 0.1) is 93.8 Å². The first-order chi connectivity index (χ1) is 20.6. The molecule has 0 unspecified atom stereocenters. The van der Waals surface area contributed by atoms with Crippen LogP contribution in [-0.4, -0.2) is 99.2 Å². The van der Waals surface area contributed by atoms with Gasteiger partial charge in [-0.1, -0.05) is 6.07 Å². The summed E-state index contributed by atoms with van der Waals surface area (Å²) in [5, 5.41) is -4.80. The van der Waals surface area contributed by atoms with E-state index in [-0.39, 0.29) is 40.1 Å². The summed E-state index contributed by atoms with van der Waals surface area (Å²) in [5.41, 5.74) is 8.43. The van der Waals surface area contributed by atoms with E-state index in [1.165, 1.54) is 25.3 Å². The van der Waals surface area contributed by atoms with Gasteiger partial charge in [0, 0.05) is 35.6 Å². The first kappa shape index (κ1) is 35.7. The van der Waals surface area contributed by atoms with Crippen molar-refractivity contribution in [1.29, 1.82) is 0 Å². The third-order valence-corrected chi connectivity index (χ3v) is 6.66. The molecule has 0 aliphatic carbocycles. The molecule has 1 aromatic heterocycles. The molecule has 0 saturated carbocycles. The molecule has 2 aromatic carbocycles. The number of halogens is 2. The minimum atomic E-state index is -2.53. The molecule has 0 aliphatic heterocycles. The summed E-state index contributed by atoms with van der Waals surface area (Å²) in [5.74, 6) is -3.51. The molecule has 0 aliphatic rings. The van der Waals surface area contributed by atoms with Gasteiger partial charge in [0.25, 0.3) is 5.91 Å². The van der Waals surface area contributed by atoms with Crippen LogP contribution in [0.1, 0.15) is 21.5 Å². The number of allylic oxidation sites excluding steroid dienone is 1. The normalized spacial score (nSPS) is 13.2. The van der Waals surface area contributed by atoms with Crippen molar-refractivity contribution in [2.45, 2.75) is 34.2 Å². The Morgan fingerprint density at radius 3 is 2.09 bits per heavy atom. The maximum absolute atomic E-state index is 15.3.